The number of aliphatic hydroxyl groups excluding tert-OH is 3. The van der Waals surface area contributed by atoms with Crippen LogP contribution in [0.2, 0.25) is 0 Å². The summed E-state index contributed by atoms with van der Waals surface area (Å²) in [4.78, 5) is 10.5. The van der Waals surface area contributed by atoms with Crippen molar-refractivity contribution >= 4 is 5.97 Å². The molecule has 32 heavy (non-hydrogen) atoms. The van der Waals surface area contributed by atoms with Gasteiger partial charge in [0.1, 0.15) is 0 Å². The number of carboxylic acid groups (broad SMARTS) is 1. The lowest BCUT2D eigenvalue weighted by molar-refractivity contribution is -0.138. The van der Waals surface area contributed by atoms with Crippen LogP contribution in [0, 0.1) is 5.92 Å². The van der Waals surface area contributed by atoms with E-state index in [1.165, 1.54) is 6.07 Å². The van der Waals surface area contributed by atoms with Gasteiger partial charge in [0.05, 0.1) is 36.6 Å². The zero-order valence-electron chi connectivity index (χ0n) is 17.7. The maximum absolute atomic E-state index is 12.8. The number of halogens is 3. The van der Waals surface area contributed by atoms with E-state index < -0.39 is 42.1 Å². The predicted molar refractivity (Wildman–Crippen MR) is 111 cm³/mol. The van der Waals surface area contributed by atoms with Crippen molar-refractivity contribution in [3.63, 3.8) is 0 Å². The fourth-order valence-corrected chi connectivity index (χ4v) is 3.87. The number of hydrogen-bond donors (Lipinski definition) is 4. The molecule has 0 saturated heterocycles. The highest BCUT2D eigenvalue weighted by atomic mass is 19.4. The Morgan fingerprint density at radius 3 is 2.66 bits per heavy atom. The van der Waals surface area contributed by atoms with Gasteiger partial charge in [-0.2, -0.15) is 13.2 Å². The standard InChI is InChI=1S/C23H31F3O6/c24-23(25,26)16-7-5-6-15(12-16)10-11-17(27)14-32-22-18(19(28)13-20(22)29)8-3-1-2-4-9-21(30)31/h1,3,5-7,12,17-20,22,27-29H,2,4,8-11,13-14H2,(H,30,31)/b3-1-/t17-,18+,19+,20-,22-/m1/s1. The second kappa shape index (κ2) is 12.3. The van der Waals surface area contributed by atoms with Gasteiger partial charge >= 0.3 is 12.1 Å². The predicted octanol–water partition coefficient (Wildman–Crippen LogP) is 3.33. The first-order valence-electron chi connectivity index (χ1n) is 10.8. The Kier molecular flexibility index (Phi) is 10.1. The summed E-state index contributed by atoms with van der Waals surface area (Å²) in [5, 5.41) is 39.2. The molecular weight excluding hydrogens is 429 g/mol. The molecule has 6 nitrogen and oxygen atoms in total. The fraction of sp³-hybridized carbons (Fsp3) is 0.609. The van der Waals surface area contributed by atoms with Crippen LogP contribution < -0.4 is 0 Å². The monoisotopic (exact) mass is 460 g/mol. The van der Waals surface area contributed by atoms with Gasteiger partial charge in [-0.25, -0.2) is 0 Å². The Balaban J connectivity index is 1.80. The van der Waals surface area contributed by atoms with Crippen LogP contribution in [0.5, 0.6) is 0 Å². The molecule has 0 aliphatic heterocycles. The van der Waals surface area contributed by atoms with Crippen molar-refractivity contribution in [3.8, 4) is 0 Å². The van der Waals surface area contributed by atoms with E-state index >= 15 is 0 Å². The van der Waals surface area contributed by atoms with Gasteiger partial charge in [-0.15, -0.1) is 0 Å². The second-order valence-electron chi connectivity index (χ2n) is 8.22. The van der Waals surface area contributed by atoms with E-state index in [-0.39, 0.29) is 38.2 Å². The minimum absolute atomic E-state index is 0.0826. The Bertz CT molecular complexity index is 751. The first kappa shape index (κ1) is 26.3. The number of aliphatic hydroxyl groups is 3. The number of benzene rings is 1. The molecule has 0 heterocycles. The molecule has 0 aromatic heterocycles. The number of aliphatic carboxylic acids is 1. The Hall–Kier alpha value is -1.94. The van der Waals surface area contributed by atoms with Crippen LogP contribution in [0.1, 0.15) is 49.7 Å². The minimum Gasteiger partial charge on any atom is -0.481 e. The number of aryl methyl sites for hydroxylation is 1. The van der Waals surface area contributed by atoms with E-state index in [4.69, 9.17) is 9.84 Å². The van der Waals surface area contributed by atoms with Gasteiger partial charge < -0.3 is 25.2 Å². The maximum Gasteiger partial charge on any atom is 0.416 e. The quantitative estimate of drug-likeness (QED) is 0.282. The summed E-state index contributed by atoms with van der Waals surface area (Å²) in [5.74, 6) is -1.22. The molecule has 1 aromatic carbocycles. The smallest absolute Gasteiger partial charge is 0.416 e. The van der Waals surface area contributed by atoms with Gasteiger partial charge in [0.25, 0.3) is 0 Å². The van der Waals surface area contributed by atoms with E-state index in [0.717, 1.165) is 12.1 Å². The van der Waals surface area contributed by atoms with Crippen molar-refractivity contribution in [1.29, 1.82) is 0 Å². The highest BCUT2D eigenvalue weighted by molar-refractivity contribution is 5.66. The topological polar surface area (TPSA) is 107 Å². The number of unbranched alkanes of at least 4 members (excludes halogenated alkanes) is 1. The number of ether oxygens (including phenoxy) is 1. The molecule has 1 aliphatic rings. The van der Waals surface area contributed by atoms with Crippen molar-refractivity contribution in [2.75, 3.05) is 6.61 Å². The molecule has 9 heteroatoms. The molecule has 0 spiro atoms. The second-order valence-corrected chi connectivity index (χ2v) is 8.22. The van der Waals surface area contributed by atoms with Crippen molar-refractivity contribution in [3.05, 3.63) is 47.5 Å². The SMILES string of the molecule is O=C(O)CCC/C=C\C[C@@H]1[C@@H](OC[C@H](O)CCc2cccc(C(F)(F)F)c2)[C@H](O)C[C@@H]1O. The largest absolute Gasteiger partial charge is 0.481 e. The molecule has 1 fully saturated rings. The Morgan fingerprint density at radius 1 is 1.22 bits per heavy atom. The number of carboxylic acids is 1. The molecule has 0 bridgehead atoms. The van der Waals surface area contributed by atoms with Crippen LogP contribution in [0.25, 0.3) is 0 Å². The first-order chi connectivity index (χ1) is 15.1. The number of hydrogen-bond acceptors (Lipinski definition) is 5. The van der Waals surface area contributed by atoms with E-state index in [1.54, 1.807) is 6.07 Å². The third-order valence-electron chi connectivity index (χ3n) is 5.62. The summed E-state index contributed by atoms with van der Waals surface area (Å²) in [6.45, 7) is -0.105. The molecule has 1 aromatic rings. The van der Waals surface area contributed by atoms with Gasteiger partial charge in [-0.3, -0.25) is 4.79 Å². The van der Waals surface area contributed by atoms with E-state index in [1.807, 2.05) is 12.2 Å². The van der Waals surface area contributed by atoms with Gasteiger partial charge in [0.2, 0.25) is 0 Å². The van der Waals surface area contributed by atoms with Crippen LogP contribution in [-0.4, -0.2) is 57.4 Å². The average Bonchev–Trinajstić information content (AvgIpc) is 2.99. The van der Waals surface area contributed by atoms with E-state index in [9.17, 15) is 33.3 Å². The van der Waals surface area contributed by atoms with Crippen molar-refractivity contribution in [2.24, 2.45) is 5.92 Å². The van der Waals surface area contributed by atoms with Crippen LogP contribution in [-0.2, 0) is 22.1 Å². The lowest BCUT2D eigenvalue weighted by Crippen LogP contribution is -2.33. The molecule has 1 saturated carbocycles. The Labute approximate surface area is 185 Å². The normalized spacial score (nSPS) is 24.8. The van der Waals surface area contributed by atoms with Crippen LogP contribution >= 0.6 is 0 Å². The molecule has 0 unspecified atom stereocenters. The third kappa shape index (κ3) is 8.54. The summed E-state index contributed by atoms with van der Waals surface area (Å²) >= 11 is 0. The van der Waals surface area contributed by atoms with Crippen molar-refractivity contribution in [1.82, 2.24) is 0 Å². The van der Waals surface area contributed by atoms with E-state index in [0.29, 0.717) is 24.8 Å². The summed E-state index contributed by atoms with van der Waals surface area (Å²) in [5.41, 5.74) is -0.274. The highest BCUT2D eigenvalue weighted by Crippen LogP contribution is 2.33. The number of allylic oxidation sites excluding steroid dienone is 2. The lowest BCUT2D eigenvalue weighted by atomic mass is 9.98. The summed E-state index contributed by atoms with van der Waals surface area (Å²) in [7, 11) is 0. The molecular formula is C23H31F3O6. The zero-order valence-corrected chi connectivity index (χ0v) is 17.7. The summed E-state index contributed by atoms with van der Waals surface area (Å²) in [6.07, 6.45) is -1.78. The van der Waals surface area contributed by atoms with Gasteiger partial charge in [-0.05, 0) is 43.7 Å². The minimum atomic E-state index is -4.42. The van der Waals surface area contributed by atoms with Crippen LogP contribution in [0.15, 0.2) is 36.4 Å². The van der Waals surface area contributed by atoms with Gasteiger partial charge in [0.15, 0.2) is 0 Å². The highest BCUT2D eigenvalue weighted by Gasteiger charge is 2.42. The van der Waals surface area contributed by atoms with Crippen molar-refractivity contribution in [2.45, 2.75) is 75.5 Å². The van der Waals surface area contributed by atoms with E-state index in [2.05, 4.69) is 0 Å². The molecule has 180 valence electrons. The molecule has 2 rings (SSSR count). The maximum atomic E-state index is 12.8. The number of alkyl halides is 3. The van der Waals surface area contributed by atoms with Crippen molar-refractivity contribution < 1.29 is 43.1 Å². The summed E-state index contributed by atoms with van der Waals surface area (Å²) < 4.78 is 44.1. The first-order valence-corrected chi connectivity index (χ1v) is 10.8. The lowest BCUT2D eigenvalue weighted by Gasteiger charge is -2.24. The van der Waals surface area contributed by atoms with Crippen LogP contribution in [0.4, 0.5) is 13.2 Å². The van der Waals surface area contributed by atoms with Crippen LogP contribution in [0.3, 0.4) is 0 Å². The van der Waals surface area contributed by atoms with Gasteiger partial charge in [-0.1, -0.05) is 30.4 Å². The molecule has 0 radical (unpaired) electrons. The number of rotatable bonds is 12. The number of carbonyl (C=O) groups is 1. The fourth-order valence-electron chi connectivity index (χ4n) is 3.87. The molecule has 0 amide bonds. The third-order valence-corrected chi connectivity index (χ3v) is 5.62. The zero-order chi connectivity index (χ0) is 23.7. The summed E-state index contributed by atoms with van der Waals surface area (Å²) in [6, 6.07) is 4.95. The molecule has 5 atom stereocenters. The average molecular weight is 460 g/mol. The molecule has 1 aliphatic carbocycles. The Morgan fingerprint density at radius 2 is 1.97 bits per heavy atom. The van der Waals surface area contributed by atoms with Gasteiger partial charge in [0, 0.05) is 18.8 Å². The molecule has 4 N–H and O–H groups in total.